The summed E-state index contributed by atoms with van der Waals surface area (Å²) >= 11 is 12.1. The number of methoxy groups -OCH3 is 2. The third kappa shape index (κ3) is 8.22. The standard InChI is InChI=1S/C19H17Cl2NO4.C18H24N2O4/c1-2-26-19(25)16(21)10-11-9-12(7-8-15(11)20)22-17(23)13-5-3-4-6-14(13)18(22)24;1-6-18(3,7-2)14-11-15(24-20-14)19-17(21)16-12(22-4)9-8-10-13(16)23-5/h7-10H,2-6H2,1H3;8-11H,6-7H2,1-5H3,(H,19,21)/b16-10-;. The van der Waals surface area contributed by atoms with Crippen LogP contribution >= 0.6 is 23.2 Å². The highest BCUT2D eigenvalue weighted by Gasteiger charge is 2.39. The second kappa shape index (κ2) is 16.9. The van der Waals surface area contributed by atoms with Gasteiger partial charge in [0.25, 0.3) is 17.7 Å². The van der Waals surface area contributed by atoms with E-state index in [2.05, 4.69) is 31.2 Å². The highest BCUT2D eigenvalue weighted by Crippen LogP contribution is 2.37. The molecule has 13 heteroatoms. The van der Waals surface area contributed by atoms with Crippen LogP contribution in [0, 0.1) is 0 Å². The van der Waals surface area contributed by atoms with Crippen LogP contribution in [-0.2, 0) is 24.5 Å². The van der Waals surface area contributed by atoms with Crippen molar-refractivity contribution in [2.75, 3.05) is 31.0 Å². The van der Waals surface area contributed by atoms with E-state index in [4.69, 9.17) is 41.9 Å². The van der Waals surface area contributed by atoms with Crippen molar-refractivity contribution < 1.29 is 37.9 Å². The molecular weight excluding hydrogens is 685 g/mol. The van der Waals surface area contributed by atoms with E-state index >= 15 is 0 Å². The second-order valence-electron chi connectivity index (χ2n) is 11.9. The van der Waals surface area contributed by atoms with E-state index in [0.29, 0.717) is 63.2 Å². The number of nitrogens with zero attached hydrogens (tertiary/aromatic N) is 2. The average molecular weight is 727 g/mol. The van der Waals surface area contributed by atoms with Gasteiger partial charge in [0, 0.05) is 27.7 Å². The van der Waals surface area contributed by atoms with Crippen LogP contribution in [0.1, 0.15) is 87.8 Å². The molecule has 0 fully saturated rings. The molecule has 0 saturated heterocycles. The fourth-order valence-corrected chi connectivity index (χ4v) is 5.97. The van der Waals surface area contributed by atoms with E-state index in [1.54, 1.807) is 49.4 Å². The number of hydrogen-bond acceptors (Lipinski definition) is 9. The van der Waals surface area contributed by atoms with Gasteiger partial charge in [-0.15, -0.1) is 0 Å². The van der Waals surface area contributed by atoms with Crippen molar-refractivity contribution in [1.29, 1.82) is 0 Å². The molecule has 2 heterocycles. The number of ether oxygens (including phenoxy) is 3. The van der Waals surface area contributed by atoms with E-state index in [0.717, 1.165) is 31.4 Å². The molecule has 50 heavy (non-hydrogen) atoms. The molecule has 3 amide bonds. The number of benzene rings is 2. The van der Waals surface area contributed by atoms with Gasteiger partial charge in [0.2, 0.25) is 5.88 Å². The van der Waals surface area contributed by atoms with E-state index < -0.39 is 5.97 Å². The first-order valence-electron chi connectivity index (χ1n) is 16.4. The SMILES string of the molecule is CCC(C)(CC)c1cc(NC(=O)c2c(OC)cccc2OC)on1.CCOC(=O)/C(Cl)=C/c1cc(N2C(=O)C3=C(CCCC3)C2=O)ccc1Cl. The van der Waals surface area contributed by atoms with Crippen molar-refractivity contribution in [1.82, 2.24) is 5.16 Å². The fourth-order valence-electron chi connectivity index (χ4n) is 5.63. The van der Waals surface area contributed by atoms with Crippen molar-refractivity contribution in [2.24, 2.45) is 0 Å². The summed E-state index contributed by atoms with van der Waals surface area (Å²) < 4.78 is 20.6. The molecule has 2 aromatic carbocycles. The molecule has 0 saturated carbocycles. The van der Waals surface area contributed by atoms with Gasteiger partial charge in [-0.25, -0.2) is 9.69 Å². The first-order chi connectivity index (χ1) is 23.9. The second-order valence-corrected chi connectivity index (χ2v) is 12.7. The maximum absolute atomic E-state index is 12.7. The van der Waals surface area contributed by atoms with Crippen molar-refractivity contribution in [2.45, 2.75) is 71.6 Å². The number of esters is 1. The number of nitrogens with one attached hydrogen (secondary N) is 1. The summed E-state index contributed by atoms with van der Waals surface area (Å²) in [4.78, 5) is 50.8. The van der Waals surface area contributed by atoms with Gasteiger partial charge in [0.1, 0.15) is 22.1 Å². The summed E-state index contributed by atoms with van der Waals surface area (Å²) in [6.07, 6.45) is 6.32. The third-order valence-electron chi connectivity index (χ3n) is 8.96. The largest absolute Gasteiger partial charge is 0.496 e. The Morgan fingerprint density at radius 3 is 2.12 bits per heavy atom. The number of amides is 3. The average Bonchev–Trinajstić information content (AvgIpc) is 3.70. The maximum Gasteiger partial charge on any atom is 0.349 e. The molecule has 3 aromatic rings. The van der Waals surface area contributed by atoms with Crippen LogP contribution in [0.15, 0.2) is 63.2 Å². The third-order valence-corrected chi connectivity index (χ3v) is 9.57. The normalized spacial score (nSPS) is 14.6. The number of aromatic nitrogens is 1. The van der Waals surface area contributed by atoms with E-state index in [9.17, 15) is 19.2 Å². The van der Waals surface area contributed by atoms with Crippen LogP contribution in [0.2, 0.25) is 5.02 Å². The minimum atomic E-state index is -0.666. The van der Waals surface area contributed by atoms with Crippen LogP contribution in [0.5, 0.6) is 11.5 Å². The number of carbonyl (C=O) groups excluding carboxylic acids is 4. The predicted octanol–water partition coefficient (Wildman–Crippen LogP) is 8.25. The Morgan fingerprint density at radius 2 is 1.58 bits per heavy atom. The lowest BCUT2D eigenvalue weighted by Crippen LogP contribution is -2.31. The molecule has 266 valence electrons. The Balaban J connectivity index is 0.000000226. The lowest BCUT2D eigenvalue weighted by molar-refractivity contribution is -0.137. The Morgan fingerprint density at radius 1 is 0.980 bits per heavy atom. The summed E-state index contributed by atoms with van der Waals surface area (Å²) in [5, 5.41) is 7.03. The van der Waals surface area contributed by atoms with Crippen molar-refractivity contribution in [3.8, 4) is 11.5 Å². The Hall–Kier alpha value is -4.61. The number of rotatable bonds is 11. The smallest absolute Gasteiger partial charge is 0.349 e. The lowest BCUT2D eigenvalue weighted by atomic mass is 9.81. The highest BCUT2D eigenvalue weighted by molar-refractivity contribution is 6.43. The minimum absolute atomic E-state index is 0.0748. The van der Waals surface area contributed by atoms with Crippen LogP contribution in [0.3, 0.4) is 0 Å². The zero-order valence-corrected chi connectivity index (χ0v) is 30.5. The fraction of sp³-hybridized carbons (Fsp3) is 0.378. The van der Waals surface area contributed by atoms with E-state index in [1.807, 2.05) is 0 Å². The molecule has 11 nitrogen and oxygen atoms in total. The zero-order chi connectivity index (χ0) is 36.6. The Labute approximate surface area is 301 Å². The summed E-state index contributed by atoms with van der Waals surface area (Å²) in [5.41, 5.74) is 3.11. The van der Waals surface area contributed by atoms with Gasteiger partial charge >= 0.3 is 5.97 Å². The number of halogens is 2. The highest BCUT2D eigenvalue weighted by atomic mass is 35.5. The molecule has 5 rings (SSSR count). The quantitative estimate of drug-likeness (QED) is 0.118. The summed E-state index contributed by atoms with van der Waals surface area (Å²) in [6.45, 7) is 8.21. The topological polar surface area (TPSA) is 137 Å². The van der Waals surface area contributed by atoms with Crippen molar-refractivity contribution in [3.63, 3.8) is 0 Å². The zero-order valence-electron chi connectivity index (χ0n) is 29.0. The molecular formula is C37H41Cl2N3O8. The van der Waals surface area contributed by atoms with Crippen molar-refractivity contribution >= 4 is 64.5 Å². The molecule has 0 spiro atoms. The van der Waals surface area contributed by atoms with Gasteiger partial charge in [0.05, 0.1) is 32.2 Å². The van der Waals surface area contributed by atoms with Gasteiger partial charge in [-0.2, -0.15) is 0 Å². The Bertz CT molecular complexity index is 1780. The summed E-state index contributed by atoms with van der Waals surface area (Å²) in [7, 11) is 3.01. The molecule has 0 atom stereocenters. The van der Waals surface area contributed by atoms with Crippen molar-refractivity contribution in [3.05, 3.63) is 80.5 Å². The van der Waals surface area contributed by atoms with Gasteiger partial charge in [0.15, 0.2) is 0 Å². The number of anilines is 2. The summed E-state index contributed by atoms with van der Waals surface area (Å²) in [5.74, 6) is -0.437. The van der Waals surface area contributed by atoms with Crippen LogP contribution in [0.4, 0.5) is 11.6 Å². The van der Waals surface area contributed by atoms with Gasteiger partial charge < -0.3 is 18.7 Å². The van der Waals surface area contributed by atoms with E-state index in [-0.39, 0.29) is 34.8 Å². The predicted molar refractivity (Wildman–Crippen MR) is 192 cm³/mol. The molecule has 2 aliphatic rings. The number of carbonyl (C=O) groups is 4. The van der Waals surface area contributed by atoms with Gasteiger partial charge in [-0.3, -0.25) is 19.7 Å². The van der Waals surface area contributed by atoms with Crippen LogP contribution in [0.25, 0.3) is 6.08 Å². The number of imide groups is 1. The van der Waals surface area contributed by atoms with E-state index in [1.165, 1.54) is 25.2 Å². The number of hydrogen-bond donors (Lipinski definition) is 1. The lowest BCUT2D eigenvalue weighted by Gasteiger charge is -2.22. The molecule has 1 aliphatic heterocycles. The molecule has 0 unspecified atom stereocenters. The first kappa shape index (κ1) is 38.2. The maximum atomic E-state index is 12.7. The molecule has 1 N–H and O–H groups in total. The van der Waals surface area contributed by atoms with Crippen LogP contribution in [-0.4, -0.2) is 49.7 Å². The minimum Gasteiger partial charge on any atom is -0.496 e. The van der Waals surface area contributed by atoms with Gasteiger partial charge in [-0.05, 0) is 87.4 Å². The first-order valence-corrected chi connectivity index (χ1v) is 17.1. The van der Waals surface area contributed by atoms with Gasteiger partial charge in [-0.1, -0.05) is 55.2 Å². The molecule has 1 aliphatic carbocycles. The van der Waals surface area contributed by atoms with Crippen LogP contribution < -0.4 is 19.7 Å². The molecule has 1 aromatic heterocycles. The molecule has 0 bridgehead atoms. The monoisotopic (exact) mass is 725 g/mol. The molecule has 0 radical (unpaired) electrons. The summed E-state index contributed by atoms with van der Waals surface area (Å²) in [6, 6.07) is 11.7. The Kier molecular flexibility index (Phi) is 12.9.